The molecule has 0 bridgehead atoms. The molecule has 0 amide bonds. The summed E-state index contributed by atoms with van der Waals surface area (Å²) in [5, 5.41) is 18.2. The van der Waals surface area contributed by atoms with Gasteiger partial charge >= 0.3 is 0 Å². The maximum atomic E-state index is 10.8. The number of ether oxygens (including phenoxy) is 1. The van der Waals surface area contributed by atoms with Crippen LogP contribution >= 0.6 is 0 Å². The summed E-state index contributed by atoms with van der Waals surface area (Å²) in [6.07, 6.45) is 1.54. The summed E-state index contributed by atoms with van der Waals surface area (Å²) in [6, 6.07) is 16.0. The fourth-order valence-corrected chi connectivity index (χ4v) is 3.02. The largest absolute Gasteiger partial charge is 0.378 e. The topological polar surface area (TPSA) is 131 Å². The van der Waals surface area contributed by atoms with E-state index in [1.807, 2.05) is 35.2 Å². The van der Waals surface area contributed by atoms with Crippen LogP contribution in [-0.4, -0.2) is 52.4 Å². The lowest BCUT2D eigenvalue weighted by molar-refractivity contribution is -0.384. The number of nitrogens with one attached hydrogen (secondary N) is 2. The summed E-state index contributed by atoms with van der Waals surface area (Å²) in [5.74, 6) is 1.25. The van der Waals surface area contributed by atoms with Crippen molar-refractivity contribution in [3.63, 3.8) is 0 Å². The highest BCUT2D eigenvalue weighted by Gasteiger charge is 2.16. The zero-order valence-corrected chi connectivity index (χ0v) is 17.2. The van der Waals surface area contributed by atoms with Gasteiger partial charge in [0.15, 0.2) is 0 Å². The Bertz CT molecular complexity index is 1070. The van der Waals surface area contributed by atoms with Crippen molar-refractivity contribution in [2.24, 2.45) is 5.10 Å². The molecule has 0 atom stereocenters. The van der Waals surface area contributed by atoms with Gasteiger partial charge in [-0.05, 0) is 23.3 Å². The van der Waals surface area contributed by atoms with E-state index < -0.39 is 4.92 Å². The van der Waals surface area contributed by atoms with E-state index in [9.17, 15) is 10.1 Å². The highest BCUT2D eigenvalue weighted by Crippen LogP contribution is 2.16. The van der Waals surface area contributed by atoms with Crippen LogP contribution in [0.3, 0.4) is 0 Å². The summed E-state index contributed by atoms with van der Waals surface area (Å²) in [4.78, 5) is 25.8. The molecule has 1 saturated heterocycles. The van der Waals surface area contributed by atoms with Crippen LogP contribution in [0.1, 0.15) is 11.1 Å². The molecule has 32 heavy (non-hydrogen) atoms. The number of rotatable bonds is 8. The SMILES string of the molecule is O=[N+]([O-])c1ccc(/C=N\Nc2nc(NCc3ccccc3)nc(N3CCOCC3)n2)cc1. The minimum atomic E-state index is -0.443. The van der Waals surface area contributed by atoms with Crippen molar-refractivity contribution in [3.8, 4) is 0 Å². The minimum Gasteiger partial charge on any atom is -0.378 e. The van der Waals surface area contributed by atoms with Gasteiger partial charge in [-0.2, -0.15) is 20.1 Å². The first-order valence-corrected chi connectivity index (χ1v) is 10.1. The van der Waals surface area contributed by atoms with Gasteiger partial charge in [0.2, 0.25) is 17.8 Å². The predicted octanol–water partition coefficient (Wildman–Crippen LogP) is 2.67. The predicted molar refractivity (Wildman–Crippen MR) is 121 cm³/mol. The number of anilines is 3. The molecule has 0 radical (unpaired) electrons. The van der Waals surface area contributed by atoms with Crippen molar-refractivity contribution >= 4 is 29.7 Å². The number of nitro groups is 1. The van der Waals surface area contributed by atoms with Gasteiger partial charge in [0.05, 0.1) is 24.4 Å². The lowest BCUT2D eigenvalue weighted by atomic mass is 10.2. The van der Waals surface area contributed by atoms with Crippen LogP contribution in [0.4, 0.5) is 23.5 Å². The van der Waals surface area contributed by atoms with Crippen molar-refractivity contribution < 1.29 is 9.66 Å². The first kappa shape index (κ1) is 21.1. The van der Waals surface area contributed by atoms with Crippen molar-refractivity contribution in [2.75, 3.05) is 41.9 Å². The number of aromatic nitrogens is 3. The molecule has 4 rings (SSSR count). The van der Waals surface area contributed by atoms with Gasteiger partial charge in [-0.3, -0.25) is 10.1 Å². The molecule has 11 nitrogen and oxygen atoms in total. The summed E-state index contributed by atoms with van der Waals surface area (Å²) >= 11 is 0. The molecule has 0 aliphatic carbocycles. The quantitative estimate of drug-likeness (QED) is 0.312. The van der Waals surface area contributed by atoms with Gasteiger partial charge in [0.25, 0.3) is 5.69 Å². The Morgan fingerprint density at radius 3 is 2.47 bits per heavy atom. The van der Waals surface area contributed by atoms with Crippen LogP contribution < -0.4 is 15.6 Å². The van der Waals surface area contributed by atoms with Crippen LogP contribution in [0.25, 0.3) is 0 Å². The molecule has 2 N–H and O–H groups in total. The second kappa shape index (κ2) is 10.3. The molecule has 0 saturated carbocycles. The highest BCUT2D eigenvalue weighted by atomic mass is 16.6. The molecule has 0 unspecified atom stereocenters. The lowest BCUT2D eigenvalue weighted by Gasteiger charge is -2.27. The first-order valence-electron chi connectivity index (χ1n) is 10.1. The number of morpholine rings is 1. The fourth-order valence-electron chi connectivity index (χ4n) is 3.02. The number of benzene rings is 2. The van der Waals surface area contributed by atoms with Crippen molar-refractivity contribution in [3.05, 3.63) is 75.8 Å². The Hall–Kier alpha value is -4.12. The van der Waals surface area contributed by atoms with Crippen LogP contribution in [-0.2, 0) is 11.3 Å². The van der Waals surface area contributed by atoms with Gasteiger partial charge in [-0.25, -0.2) is 5.43 Å². The molecule has 1 aliphatic rings. The summed E-state index contributed by atoms with van der Waals surface area (Å²) in [5.41, 5.74) is 4.65. The van der Waals surface area contributed by atoms with Gasteiger partial charge in [-0.15, -0.1) is 0 Å². The molecule has 2 aromatic carbocycles. The molecule has 1 aliphatic heterocycles. The molecule has 1 aromatic heterocycles. The molecule has 0 spiro atoms. The van der Waals surface area contributed by atoms with Crippen LogP contribution in [0.5, 0.6) is 0 Å². The third kappa shape index (κ3) is 5.73. The van der Waals surface area contributed by atoms with Crippen molar-refractivity contribution in [1.82, 2.24) is 15.0 Å². The molecular weight excluding hydrogens is 412 g/mol. The van der Waals surface area contributed by atoms with E-state index in [0.29, 0.717) is 50.3 Å². The number of hydrogen-bond donors (Lipinski definition) is 2. The number of nitro benzene ring substituents is 1. The fraction of sp³-hybridized carbons (Fsp3) is 0.238. The highest BCUT2D eigenvalue weighted by molar-refractivity contribution is 5.80. The second-order valence-electron chi connectivity index (χ2n) is 6.94. The average molecular weight is 434 g/mol. The van der Waals surface area contributed by atoms with Crippen LogP contribution in [0.2, 0.25) is 0 Å². The van der Waals surface area contributed by atoms with Crippen molar-refractivity contribution in [2.45, 2.75) is 6.54 Å². The standard InChI is InChI=1S/C21H22N8O3/c30-29(31)18-8-6-17(7-9-18)15-23-27-20-24-19(22-14-16-4-2-1-3-5-16)25-21(26-20)28-10-12-32-13-11-28/h1-9,15H,10-14H2,(H2,22,24,25,26,27)/b23-15-. The maximum absolute atomic E-state index is 10.8. The molecular formula is C21H22N8O3. The number of nitrogens with zero attached hydrogens (tertiary/aromatic N) is 6. The van der Waals surface area contributed by atoms with Gasteiger partial charge in [-0.1, -0.05) is 30.3 Å². The van der Waals surface area contributed by atoms with Gasteiger partial charge in [0.1, 0.15) is 0 Å². The molecule has 11 heteroatoms. The number of non-ortho nitro benzene ring substituents is 1. The third-order valence-electron chi connectivity index (χ3n) is 4.69. The van der Waals surface area contributed by atoms with Crippen LogP contribution in [0.15, 0.2) is 59.7 Å². The Balaban J connectivity index is 1.49. The Morgan fingerprint density at radius 2 is 1.75 bits per heavy atom. The van der Waals surface area contributed by atoms with E-state index in [1.54, 1.807) is 18.3 Å². The molecule has 2 heterocycles. The normalized spacial score (nSPS) is 13.8. The van der Waals surface area contributed by atoms with Gasteiger partial charge in [0, 0.05) is 31.8 Å². The molecule has 1 fully saturated rings. The number of hydrogen-bond acceptors (Lipinski definition) is 10. The van der Waals surface area contributed by atoms with E-state index in [0.717, 1.165) is 5.56 Å². The maximum Gasteiger partial charge on any atom is 0.269 e. The monoisotopic (exact) mass is 434 g/mol. The summed E-state index contributed by atoms with van der Waals surface area (Å²) in [7, 11) is 0. The molecule has 164 valence electrons. The zero-order valence-electron chi connectivity index (χ0n) is 17.2. The van der Waals surface area contributed by atoms with E-state index in [2.05, 4.69) is 30.8 Å². The van der Waals surface area contributed by atoms with Gasteiger partial charge < -0.3 is 15.0 Å². The second-order valence-corrected chi connectivity index (χ2v) is 6.94. The first-order chi connectivity index (χ1) is 15.7. The molecule has 3 aromatic rings. The van der Waals surface area contributed by atoms with E-state index in [1.165, 1.54) is 12.1 Å². The smallest absolute Gasteiger partial charge is 0.269 e. The Labute approximate surface area is 184 Å². The Morgan fingerprint density at radius 1 is 1.03 bits per heavy atom. The lowest BCUT2D eigenvalue weighted by Crippen LogP contribution is -2.37. The van der Waals surface area contributed by atoms with E-state index >= 15 is 0 Å². The minimum absolute atomic E-state index is 0.0249. The summed E-state index contributed by atoms with van der Waals surface area (Å²) in [6.45, 7) is 3.17. The van der Waals surface area contributed by atoms with Crippen LogP contribution in [0, 0.1) is 10.1 Å². The average Bonchev–Trinajstić information content (AvgIpc) is 2.84. The summed E-state index contributed by atoms with van der Waals surface area (Å²) < 4.78 is 5.41. The van der Waals surface area contributed by atoms with E-state index in [4.69, 9.17) is 4.74 Å². The number of hydrazone groups is 1. The van der Waals surface area contributed by atoms with Crippen molar-refractivity contribution in [1.29, 1.82) is 0 Å². The Kier molecular flexibility index (Phi) is 6.78. The zero-order chi connectivity index (χ0) is 22.2. The van der Waals surface area contributed by atoms with E-state index in [-0.39, 0.29) is 11.6 Å². The third-order valence-corrected chi connectivity index (χ3v) is 4.69.